The normalized spacial score (nSPS) is 26.2. The highest BCUT2D eigenvalue weighted by Crippen LogP contribution is 2.32. The Balaban J connectivity index is 2.27. The van der Waals surface area contributed by atoms with Gasteiger partial charge in [0.25, 0.3) is 0 Å². The van der Waals surface area contributed by atoms with Crippen LogP contribution in [0.2, 0.25) is 0 Å². The van der Waals surface area contributed by atoms with Crippen LogP contribution in [0.4, 0.5) is 5.69 Å². The second kappa shape index (κ2) is 4.67. The van der Waals surface area contributed by atoms with Gasteiger partial charge in [0.05, 0.1) is 5.60 Å². The molecule has 0 saturated carbocycles. The van der Waals surface area contributed by atoms with Crippen molar-refractivity contribution in [1.82, 2.24) is 0 Å². The second-order valence-electron chi connectivity index (χ2n) is 5.24. The molecule has 3 heteroatoms. The molecule has 0 bridgehead atoms. The van der Waals surface area contributed by atoms with Crippen molar-refractivity contribution in [1.29, 1.82) is 0 Å². The summed E-state index contributed by atoms with van der Waals surface area (Å²) in [5.74, 6) is 0. The van der Waals surface area contributed by atoms with Gasteiger partial charge in [0.2, 0.25) is 0 Å². The maximum Gasteiger partial charge on any atom is 0.0810 e. The molecule has 0 amide bonds. The number of nitrogens with zero attached hydrogens (tertiary/aromatic N) is 1. The molecule has 2 atom stereocenters. The highest BCUT2D eigenvalue weighted by molar-refractivity contribution is 5.56. The molecule has 0 aliphatic carbocycles. The summed E-state index contributed by atoms with van der Waals surface area (Å²) in [5.41, 5.74) is 7.94. The molecule has 1 aromatic rings. The van der Waals surface area contributed by atoms with Crippen molar-refractivity contribution in [3.8, 4) is 0 Å². The number of benzene rings is 1. The summed E-state index contributed by atoms with van der Waals surface area (Å²) in [6.07, 6.45) is 1.75. The third kappa shape index (κ3) is 2.61. The van der Waals surface area contributed by atoms with Gasteiger partial charge in [-0.25, -0.2) is 0 Å². The van der Waals surface area contributed by atoms with E-state index < -0.39 is 5.60 Å². The standard InChI is InChI=1S/C14H22N2O/c1-3-12(15)11-6-4-5-7-13(11)16-9-8-14(2,17)10-16/h4-7,12,17H,3,8-10,15H2,1-2H3/t12-,14?/m0/s1. The fourth-order valence-electron chi connectivity index (χ4n) is 2.46. The number of β-amino-alcohol motifs (C(OH)–C–C–N with tert-alkyl or cyclic N) is 1. The Morgan fingerprint density at radius 2 is 2.18 bits per heavy atom. The summed E-state index contributed by atoms with van der Waals surface area (Å²) in [4.78, 5) is 2.24. The molecule has 1 aromatic carbocycles. The van der Waals surface area contributed by atoms with E-state index in [0.717, 1.165) is 19.4 Å². The molecule has 0 aromatic heterocycles. The van der Waals surface area contributed by atoms with Gasteiger partial charge < -0.3 is 15.7 Å². The minimum absolute atomic E-state index is 0.0803. The summed E-state index contributed by atoms with van der Waals surface area (Å²) in [6.45, 7) is 5.60. The lowest BCUT2D eigenvalue weighted by Gasteiger charge is -2.25. The fraction of sp³-hybridized carbons (Fsp3) is 0.571. The zero-order valence-corrected chi connectivity index (χ0v) is 10.7. The fourth-order valence-corrected chi connectivity index (χ4v) is 2.46. The van der Waals surface area contributed by atoms with E-state index in [-0.39, 0.29) is 6.04 Å². The minimum Gasteiger partial charge on any atom is -0.388 e. The van der Waals surface area contributed by atoms with Crippen molar-refractivity contribution >= 4 is 5.69 Å². The van der Waals surface area contributed by atoms with Crippen molar-refractivity contribution in [2.75, 3.05) is 18.0 Å². The highest BCUT2D eigenvalue weighted by atomic mass is 16.3. The van der Waals surface area contributed by atoms with Crippen molar-refractivity contribution in [3.63, 3.8) is 0 Å². The third-order valence-electron chi connectivity index (χ3n) is 3.57. The molecule has 3 nitrogen and oxygen atoms in total. The van der Waals surface area contributed by atoms with Crippen molar-refractivity contribution in [2.24, 2.45) is 5.73 Å². The van der Waals surface area contributed by atoms with Gasteiger partial charge in [-0.15, -0.1) is 0 Å². The maximum absolute atomic E-state index is 10.0. The molecular formula is C14H22N2O. The van der Waals surface area contributed by atoms with Gasteiger partial charge >= 0.3 is 0 Å². The first-order valence-electron chi connectivity index (χ1n) is 6.35. The third-order valence-corrected chi connectivity index (χ3v) is 3.57. The predicted octanol–water partition coefficient (Wildman–Crippen LogP) is 2.06. The van der Waals surface area contributed by atoms with Crippen LogP contribution in [-0.2, 0) is 0 Å². The summed E-state index contributed by atoms with van der Waals surface area (Å²) >= 11 is 0. The van der Waals surface area contributed by atoms with E-state index in [1.54, 1.807) is 0 Å². The lowest BCUT2D eigenvalue weighted by Crippen LogP contribution is -2.30. The Morgan fingerprint density at radius 1 is 1.47 bits per heavy atom. The smallest absolute Gasteiger partial charge is 0.0810 e. The van der Waals surface area contributed by atoms with Gasteiger partial charge in [-0.1, -0.05) is 25.1 Å². The summed E-state index contributed by atoms with van der Waals surface area (Å²) in [7, 11) is 0. The van der Waals surface area contributed by atoms with Gasteiger partial charge in [0.1, 0.15) is 0 Å². The largest absolute Gasteiger partial charge is 0.388 e. The number of rotatable bonds is 3. The average molecular weight is 234 g/mol. The van der Waals surface area contributed by atoms with Gasteiger partial charge in [-0.2, -0.15) is 0 Å². The topological polar surface area (TPSA) is 49.5 Å². The molecule has 1 aliphatic rings. The molecule has 1 saturated heterocycles. The van der Waals surface area contributed by atoms with E-state index in [9.17, 15) is 5.11 Å². The number of anilines is 1. The molecule has 2 rings (SSSR count). The first kappa shape index (κ1) is 12.4. The van der Waals surface area contributed by atoms with Crippen molar-refractivity contribution < 1.29 is 5.11 Å². The Kier molecular flexibility index (Phi) is 3.40. The van der Waals surface area contributed by atoms with Gasteiger partial charge in [-0.3, -0.25) is 0 Å². The predicted molar refractivity (Wildman–Crippen MR) is 71.1 cm³/mol. The van der Waals surface area contributed by atoms with E-state index in [1.807, 2.05) is 19.1 Å². The average Bonchev–Trinajstić information content (AvgIpc) is 2.68. The van der Waals surface area contributed by atoms with E-state index in [2.05, 4.69) is 24.0 Å². The van der Waals surface area contributed by atoms with Crippen LogP contribution in [0, 0.1) is 0 Å². The van der Waals surface area contributed by atoms with Crippen molar-refractivity contribution in [2.45, 2.75) is 38.3 Å². The highest BCUT2D eigenvalue weighted by Gasteiger charge is 2.32. The van der Waals surface area contributed by atoms with Crippen LogP contribution in [0.25, 0.3) is 0 Å². The molecule has 17 heavy (non-hydrogen) atoms. The molecule has 0 radical (unpaired) electrons. The molecule has 1 aliphatic heterocycles. The molecule has 3 N–H and O–H groups in total. The zero-order chi connectivity index (χ0) is 12.5. The number of nitrogens with two attached hydrogens (primary N) is 1. The van der Waals surface area contributed by atoms with Crippen LogP contribution in [0.15, 0.2) is 24.3 Å². The Labute approximate surface area is 103 Å². The SMILES string of the molecule is CC[C@H](N)c1ccccc1N1CCC(C)(O)C1. The second-order valence-corrected chi connectivity index (χ2v) is 5.24. The Bertz CT molecular complexity index is 390. The van der Waals surface area contributed by atoms with Crippen LogP contribution in [0.3, 0.4) is 0 Å². The zero-order valence-electron chi connectivity index (χ0n) is 10.7. The van der Waals surface area contributed by atoms with Crippen LogP contribution in [0.5, 0.6) is 0 Å². The van der Waals surface area contributed by atoms with Crippen molar-refractivity contribution in [3.05, 3.63) is 29.8 Å². The summed E-state index contributed by atoms with van der Waals surface area (Å²) in [5, 5.41) is 10.0. The van der Waals surface area contributed by atoms with Gasteiger partial charge in [0, 0.05) is 24.8 Å². The number of hydrogen-bond acceptors (Lipinski definition) is 3. The first-order valence-corrected chi connectivity index (χ1v) is 6.35. The monoisotopic (exact) mass is 234 g/mol. The van der Waals surface area contributed by atoms with Gasteiger partial charge in [0.15, 0.2) is 0 Å². The van der Waals surface area contributed by atoms with Crippen LogP contribution in [0.1, 0.15) is 38.3 Å². The Morgan fingerprint density at radius 3 is 2.76 bits per heavy atom. The lowest BCUT2D eigenvalue weighted by atomic mass is 10.0. The summed E-state index contributed by atoms with van der Waals surface area (Å²) in [6, 6.07) is 8.34. The molecule has 1 unspecified atom stereocenters. The van der Waals surface area contributed by atoms with E-state index in [0.29, 0.717) is 6.54 Å². The lowest BCUT2D eigenvalue weighted by molar-refractivity contribution is 0.0839. The minimum atomic E-state index is -0.566. The number of aliphatic hydroxyl groups is 1. The molecule has 1 fully saturated rings. The maximum atomic E-state index is 10.0. The van der Waals surface area contributed by atoms with Crippen LogP contribution < -0.4 is 10.6 Å². The molecule has 0 spiro atoms. The number of para-hydroxylation sites is 1. The molecular weight excluding hydrogens is 212 g/mol. The van der Waals surface area contributed by atoms with Crippen LogP contribution >= 0.6 is 0 Å². The van der Waals surface area contributed by atoms with E-state index >= 15 is 0 Å². The van der Waals surface area contributed by atoms with E-state index in [4.69, 9.17) is 5.73 Å². The van der Waals surface area contributed by atoms with E-state index in [1.165, 1.54) is 11.3 Å². The molecule has 94 valence electrons. The quantitative estimate of drug-likeness (QED) is 0.841. The Hall–Kier alpha value is -1.06. The van der Waals surface area contributed by atoms with Gasteiger partial charge in [-0.05, 0) is 31.4 Å². The van der Waals surface area contributed by atoms with Crippen LogP contribution in [-0.4, -0.2) is 23.8 Å². The number of hydrogen-bond donors (Lipinski definition) is 2. The molecule has 1 heterocycles. The first-order chi connectivity index (χ1) is 8.03. The summed E-state index contributed by atoms with van der Waals surface area (Å²) < 4.78 is 0.